The molecule has 0 spiro atoms. The zero-order valence-corrected chi connectivity index (χ0v) is 12.0. The summed E-state index contributed by atoms with van der Waals surface area (Å²) < 4.78 is 37.9. The molecule has 1 aromatic rings. The fraction of sp³-hybridized carbons (Fsp3) is 0.562. The number of Topliss-reactive ketones (excluding diaryl/α,β-unsaturated/α-hetero) is 1. The molecular weight excluding hydrogens is 265 g/mol. The molecule has 0 saturated heterocycles. The predicted octanol–water partition coefficient (Wildman–Crippen LogP) is 5.02. The van der Waals surface area contributed by atoms with E-state index < -0.39 is 11.7 Å². The van der Waals surface area contributed by atoms with Crippen LogP contribution in [-0.4, -0.2) is 5.78 Å². The van der Waals surface area contributed by atoms with Gasteiger partial charge >= 0.3 is 6.18 Å². The van der Waals surface area contributed by atoms with Crippen LogP contribution in [0.5, 0.6) is 0 Å². The van der Waals surface area contributed by atoms with E-state index in [2.05, 4.69) is 13.8 Å². The molecule has 2 rings (SSSR count). The highest BCUT2D eigenvalue weighted by atomic mass is 19.4. The van der Waals surface area contributed by atoms with Crippen molar-refractivity contribution in [2.24, 2.45) is 11.3 Å². The van der Waals surface area contributed by atoms with Crippen molar-refractivity contribution in [1.29, 1.82) is 0 Å². The molecule has 1 nitrogen and oxygen atoms in total. The molecule has 1 aliphatic carbocycles. The summed E-state index contributed by atoms with van der Waals surface area (Å²) in [5.74, 6) is -0.100. The first-order valence-corrected chi connectivity index (χ1v) is 6.85. The van der Waals surface area contributed by atoms with Crippen LogP contribution in [0.4, 0.5) is 13.2 Å². The Labute approximate surface area is 117 Å². The normalized spacial score (nSPS) is 22.0. The van der Waals surface area contributed by atoms with E-state index in [-0.39, 0.29) is 17.1 Å². The van der Waals surface area contributed by atoms with Gasteiger partial charge in [0.05, 0.1) is 5.56 Å². The highest BCUT2D eigenvalue weighted by molar-refractivity contribution is 5.99. The second kappa shape index (κ2) is 4.90. The molecule has 0 bridgehead atoms. The van der Waals surface area contributed by atoms with E-state index >= 15 is 0 Å². The monoisotopic (exact) mass is 284 g/mol. The van der Waals surface area contributed by atoms with Gasteiger partial charge in [0.2, 0.25) is 0 Å². The molecule has 0 heterocycles. The van der Waals surface area contributed by atoms with Gasteiger partial charge in [0, 0.05) is 11.5 Å². The van der Waals surface area contributed by atoms with Gasteiger partial charge in [-0.05, 0) is 42.9 Å². The summed E-state index contributed by atoms with van der Waals surface area (Å²) in [5, 5.41) is 0. The molecule has 1 fully saturated rings. The highest BCUT2D eigenvalue weighted by Gasteiger charge is 2.40. The Balaban J connectivity index is 2.32. The number of alkyl halides is 3. The summed E-state index contributed by atoms with van der Waals surface area (Å²) in [6.45, 7) is 5.69. The lowest BCUT2D eigenvalue weighted by Crippen LogP contribution is -2.26. The number of ketones is 1. The molecule has 0 N–H and O–H groups in total. The lowest BCUT2D eigenvalue weighted by molar-refractivity contribution is -0.137. The Morgan fingerprint density at radius 1 is 1.30 bits per heavy atom. The number of hydrogen-bond donors (Lipinski definition) is 0. The second-order valence-electron chi connectivity index (χ2n) is 6.33. The van der Waals surface area contributed by atoms with Gasteiger partial charge in [-0.1, -0.05) is 26.3 Å². The summed E-state index contributed by atoms with van der Waals surface area (Å²) in [6.07, 6.45) is -1.54. The summed E-state index contributed by atoms with van der Waals surface area (Å²) in [7, 11) is 0. The minimum atomic E-state index is -4.36. The average molecular weight is 284 g/mol. The number of hydrogen-bond acceptors (Lipinski definition) is 1. The van der Waals surface area contributed by atoms with Gasteiger partial charge in [-0.15, -0.1) is 0 Å². The third-order valence-electron chi connectivity index (χ3n) is 4.39. The van der Waals surface area contributed by atoms with Crippen molar-refractivity contribution in [1.82, 2.24) is 0 Å². The first kappa shape index (κ1) is 15.1. The zero-order valence-electron chi connectivity index (χ0n) is 12.0. The number of rotatable bonds is 2. The van der Waals surface area contributed by atoms with Crippen LogP contribution in [0, 0.1) is 18.3 Å². The van der Waals surface area contributed by atoms with Crippen molar-refractivity contribution < 1.29 is 18.0 Å². The predicted molar refractivity (Wildman–Crippen MR) is 71.6 cm³/mol. The average Bonchev–Trinajstić information content (AvgIpc) is 2.66. The van der Waals surface area contributed by atoms with E-state index in [0.29, 0.717) is 11.1 Å². The van der Waals surface area contributed by atoms with Crippen LogP contribution in [-0.2, 0) is 6.18 Å². The maximum absolute atomic E-state index is 12.6. The molecule has 0 radical (unpaired) electrons. The minimum Gasteiger partial charge on any atom is -0.294 e. The Bertz CT molecular complexity index is 529. The van der Waals surface area contributed by atoms with Gasteiger partial charge in [-0.3, -0.25) is 4.79 Å². The number of benzene rings is 1. The maximum Gasteiger partial charge on any atom is 0.416 e. The van der Waals surface area contributed by atoms with Gasteiger partial charge in [0.1, 0.15) is 0 Å². The van der Waals surface area contributed by atoms with Crippen molar-refractivity contribution in [2.75, 3.05) is 0 Å². The highest BCUT2D eigenvalue weighted by Crippen LogP contribution is 2.44. The van der Waals surface area contributed by atoms with Crippen LogP contribution in [0.25, 0.3) is 0 Å². The van der Waals surface area contributed by atoms with Crippen molar-refractivity contribution in [2.45, 2.75) is 46.2 Å². The van der Waals surface area contributed by atoms with Gasteiger partial charge in [0.25, 0.3) is 0 Å². The SMILES string of the molecule is Cc1cc(C(F)(F)F)ccc1C(=O)C1CCCC1(C)C. The largest absolute Gasteiger partial charge is 0.416 e. The van der Waals surface area contributed by atoms with E-state index in [1.54, 1.807) is 6.92 Å². The van der Waals surface area contributed by atoms with E-state index in [1.165, 1.54) is 6.07 Å². The van der Waals surface area contributed by atoms with Gasteiger partial charge in [0.15, 0.2) is 5.78 Å². The van der Waals surface area contributed by atoms with Crippen LogP contribution >= 0.6 is 0 Å². The van der Waals surface area contributed by atoms with Crippen molar-refractivity contribution >= 4 is 5.78 Å². The van der Waals surface area contributed by atoms with Crippen molar-refractivity contribution in [3.63, 3.8) is 0 Å². The zero-order chi connectivity index (χ0) is 15.1. The summed E-state index contributed by atoms with van der Waals surface area (Å²) in [6, 6.07) is 3.40. The van der Waals surface area contributed by atoms with E-state index in [9.17, 15) is 18.0 Å². The molecule has 0 aromatic heterocycles. The molecule has 20 heavy (non-hydrogen) atoms. The molecule has 4 heteroatoms. The Morgan fingerprint density at radius 3 is 2.40 bits per heavy atom. The van der Waals surface area contributed by atoms with Crippen LogP contribution in [0.1, 0.15) is 54.6 Å². The number of carbonyl (C=O) groups is 1. The smallest absolute Gasteiger partial charge is 0.294 e. The molecule has 1 unspecified atom stereocenters. The van der Waals surface area contributed by atoms with E-state index in [1.807, 2.05) is 0 Å². The van der Waals surface area contributed by atoms with Crippen molar-refractivity contribution in [3.8, 4) is 0 Å². The third kappa shape index (κ3) is 2.74. The molecule has 1 saturated carbocycles. The summed E-state index contributed by atoms with van der Waals surface area (Å²) in [5.41, 5.74) is 0.0781. The van der Waals surface area contributed by atoms with Crippen LogP contribution in [0.15, 0.2) is 18.2 Å². The van der Waals surface area contributed by atoms with Crippen molar-refractivity contribution in [3.05, 3.63) is 34.9 Å². The molecule has 1 aromatic carbocycles. The summed E-state index contributed by atoms with van der Waals surface area (Å²) in [4.78, 5) is 12.6. The Hall–Kier alpha value is -1.32. The first-order valence-electron chi connectivity index (χ1n) is 6.85. The Morgan fingerprint density at radius 2 is 1.95 bits per heavy atom. The van der Waals surface area contributed by atoms with E-state index in [0.717, 1.165) is 31.4 Å². The van der Waals surface area contributed by atoms with E-state index in [4.69, 9.17) is 0 Å². The molecule has 0 aliphatic heterocycles. The maximum atomic E-state index is 12.6. The standard InChI is InChI=1S/C16H19F3O/c1-10-9-11(16(17,18)19)6-7-12(10)14(20)13-5-4-8-15(13,2)3/h6-7,9,13H,4-5,8H2,1-3H3. The molecular formula is C16H19F3O. The first-order chi connectivity index (χ1) is 9.13. The number of aryl methyl sites for hydroxylation is 1. The molecule has 1 aliphatic rings. The number of carbonyl (C=O) groups excluding carboxylic acids is 1. The van der Waals surface area contributed by atoms with Crippen LogP contribution < -0.4 is 0 Å². The fourth-order valence-corrected chi connectivity index (χ4v) is 3.12. The van der Waals surface area contributed by atoms with Gasteiger partial charge in [-0.25, -0.2) is 0 Å². The summed E-state index contributed by atoms with van der Waals surface area (Å²) >= 11 is 0. The quantitative estimate of drug-likeness (QED) is 0.697. The lowest BCUT2D eigenvalue weighted by Gasteiger charge is -2.26. The Kier molecular flexibility index (Phi) is 3.69. The fourth-order valence-electron chi connectivity index (χ4n) is 3.12. The second-order valence-corrected chi connectivity index (χ2v) is 6.33. The topological polar surface area (TPSA) is 17.1 Å². The minimum absolute atomic E-state index is 0.0151. The van der Waals surface area contributed by atoms with Crippen LogP contribution in [0.3, 0.4) is 0 Å². The molecule has 1 atom stereocenters. The molecule has 110 valence electrons. The number of halogens is 3. The van der Waals surface area contributed by atoms with Gasteiger partial charge < -0.3 is 0 Å². The van der Waals surface area contributed by atoms with Gasteiger partial charge in [-0.2, -0.15) is 13.2 Å². The molecule has 0 amide bonds. The third-order valence-corrected chi connectivity index (χ3v) is 4.39. The van der Waals surface area contributed by atoms with Crippen LogP contribution in [0.2, 0.25) is 0 Å². The lowest BCUT2D eigenvalue weighted by atomic mass is 9.77.